The molecule has 2 aromatic carbocycles. The summed E-state index contributed by atoms with van der Waals surface area (Å²) < 4.78 is 5.28. The van der Waals surface area contributed by atoms with Gasteiger partial charge in [-0.25, -0.2) is 4.98 Å². The van der Waals surface area contributed by atoms with E-state index in [0.29, 0.717) is 5.15 Å². The van der Waals surface area contributed by atoms with Gasteiger partial charge in [-0.05, 0) is 41.8 Å². The van der Waals surface area contributed by atoms with Crippen molar-refractivity contribution >= 4 is 28.1 Å². The molecule has 3 aromatic rings. The highest BCUT2D eigenvalue weighted by Gasteiger charge is 2.08. The second kappa shape index (κ2) is 5.85. The summed E-state index contributed by atoms with van der Waals surface area (Å²) in [5, 5.41) is 2.45. The molecule has 0 fully saturated rings. The molecule has 0 bridgehead atoms. The number of methoxy groups -OCH3 is 1. The molecule has 3 nitrogen and oxygen atoms in total. The standard InChI is InChI=1S/C18H17ClN2O/c1-21(2)14-6-4-12(5-7-14)17-11-13-10-15(22-3)8-9-16(13)18(19)20-17/h4-11H,1-3H3. The van der Waals surface area contributed by atoms with Gasteiger partial charge in [0, 0.05) is 30.7 Å². The van der Waals surface area contributed by atoms with Crippen molar-refractivity contribution in [1.29, 1.82) is 0 Å². The fraction of sp³-hybridized carbons (Fsp3) is 0.167. The van der Waals surface area contributed by atoms with E-state index in [-0.39, 0.29) is 0 Å². The lowest BCUT2D eigenvalue weighted by Gasteiger charge is -2.13. The zero-order valence-corrected chi connectivity index (χ0v) is 13.6. The van der Waals surface area contributed by atoms with Crippen LogP contribution in [0.1, 0.15) is 0 Å². The fourth-order valence-corrected chi connectivity index (χ4v) is 2.66. The number of hydrogen-bond acceptors (Lipinski definition) is 3. The van der Waals surface area contributed by atoms with Crippen molar-refractivity contribution in [3.63, 3.8) is 0 Å². The molecule has 4 heteroatoms. The van der Waals surface area contributed by atoms with Crippen LogP contribution < -0.4 is 9.64 Å². The maximum Gasteiger partial charge on any atom is 0.137 e. The van der Waals surface area contributed by atoms with E-state index in [9.17, 15) is 0 Å². The van der Waals surface area contributed by atoms with E-state index >= 15 is 0 Å². The van der Waals surface area contributed by atoms with Gasteiger partial charge in [0.15, 0.2) is 0 Å². The lowest BCUT2D eigenvalue weighted by molar-refractivity contribution is 0.415. The number of hydrogen-bond donors (Lipinski definition) is 0. The number of benzene rings is 2. The first kappa shape index (κ1) is 14.7. The Morgan fingerprint density at radius 1 is 1.00 bits per heavy atom. The van der Waals surface area contributed by atoms with Crippen molar-refractivity contribution in [3.8, 4) is 17.0 Å². The normalized spacial score (nSPS) is 10.7. The quantitative estimate of drug-likeness (QED) is 0.659. The molecule has 0 aliphatic carbocycles. The van der Waals surface area contributed by atoms with E-state index in [4.69, 9.17) is 16.3 Å². The van der Waals surface area contributed by atoms with Gasteiger partial charge in [0.1, 0.15) is 10.9 Å². The fourth-order valence-electron chi connectivity index (χ4n) is 2.40. The van der Waals surface area contributed by atoms with Gasteiger partial charge in [-0.3, -0.25) is 0 Å². The molecule has 0 amide bonds. The molecule has 3 rings (SSSR count). The van der Waals surface area contributed by atoms with Crippen molar-refractivity contribution in [2.75, 3.05) is 26.1 Å². The molecule has 0 spiro atoms. The highest BCUT2D eigenvalue weighted by atomic mass is 35.5. The molecule has 1 aromatic heterocycles. The second-order valence-electron chi connectivity index (χ2n) is 5.33. The summed E-state index contributed by atoms with van der Waals surface area (Å²) in [6, 6.07) is 16.1. The minimum absolute atomic E-state index is 0.506. The number of ether oxygens (including phenoxy) is 1. The van der Waals surface area contributed by atoms with Gasteiger partial charge in [0.25, 0.3) is 0 Å². The van der Waals surface area contributed by atoms with Crippen LogP contribution in [0.4, 0.5) is 5.69 Å². The van der Waals surface area contributed by atoms with Crippen molar-refractivity contribution in [2.24, 2.45) is 0 Å². The maximum atomic E-state index is 6.33. The number of rotatable bonds is 3. The molecule has 1 heterocycles. The summed E-state index contributed by atoms with van der Waals surface area (Å²) in [6.45, 7) is 0. The number of pyridine rings is 1. The lowest BCUT2D eigenvalue weighted by Crippen LogP contribution is -2.07. The van der Waals surface area contributed by atoms with Crippen LogP contribution in [0.3, 0.4) is 0 Å². The minimum atomic E-state index is 0.506. The van der Waals surface area contributed by atoms with Crippen molar-refractivity contribution < 1.29 is 4.74 Å². The zero-order valence-electron chi connectivity index (χ0n) is 12.8. The molecule has 112 valence electrons. The Kier molecular flexibility index (Phi) is 3.90. The Bertz CT molecular complexity index is 813. The molecular weight excluding hydrogens is 296 g/mol. The molecule has 0 aliphatic heterocycles. The Morgan fingerprint density at radius 3 is 2.36 bits per heavy atom. The zero-order chi connectivity index (χ0) is 15.7. The highest BCUT2D eigenvalue weighted by molar-refractivity contribution is 6.34. The van der Waals surface area contributed by atoms with E-state index in [0.717, 1.165) is 33.5 Å². The highest BCUT2D eigenvalue weighted by Crippen LogP contribution is 2.30. The van der Waals surface area contributed by atoms with Gasteiger partial charge in [0.2, 0.25) is 0 Å². The molecule has 22 heavy (non-hydrogen) atoms. The predicted octanol–water partition coefficient (Wildman–Crippen LogP) is 4.63. The first-order chi connectivity index (χ1) is 10.6. The third kappa shape index (κ3) is 2.72. The Hall–Kier alpha value is -2.26. The van der Waals surface area contributed by atoms with Gasteiger partial charge in [-0.2, -0.15) is 0 Å². The monoisotopic (exact) mass is 312 g/mol. The molecule has 0 saturated carbocycles. The Labute approximate surface area is 135 Å². The van der Waals surface area contributed by atoms with Gasteiger partial charge in [0.05, 0.1) is 12.8 Å². The van der Waals surface area contributed by atoms with Gasteiger partial charge in [-0.15, -0.1) is 0 Å². The lowest BCUT2D eigenvalue weighted by atomic mass is 10.1. The number of nitrogens with zero attached hydrogens (tertiary/aromatic N) is 2. The van der Waals surface area contributed by atoms with Crippen molar-refractivity contribution in [2.45, 2.75) is 0 Å². The molecule has 0 aliphatic rings. The second-order valence-corrected chi connectivity index (χ2v) is 5.68. The van der Waals surface area contributed by atoms with Gasteiger partial charge in [-0.1, -0.05) is 23.7 Å². The summed E-state index contributed by atoms with van der Waals surface area (Å²) in [7, 11) is 5.70. The van der Waals surface area contributed by atoms with Crippen LogP contribution in [-0.2, 0) is 0 Å². The van der Waals surface area contributed by atoms with Crippen LogP contribution in [0.15, 0.2) is 48.5 Å². The van der Waals surface area contributed by atoms with Crippen molar-refractivity contribution in [3.05, 3.63) is 53.7 Å². The van der Waals surface area contributed by atoms with E-state index in [1.807, 2.05) is 38.4 Å². The van der Waals surface area contributed by atoms with Crippen LogP contribution in [0.2, 0.25) is 5.15 Å². The van der Waals surface area contributed by atoms with Gasteiger partial charge < -0.3 is 9.64 Å². The third-order valence-electron chi connectivity index (χ3n) is 3.67. The summed E-state index contributed by atoms with van der Waals surface area (Å²) in [5.74, 6) is 0.809. The van der Waals surface area contributed by atoms with E-state index in [1.54, 1.807) is 7.11 Å². The number of halogens is 1. The minimum Gasteiger partial charge on any atom is -0.497 e. The summed E-state index contributed by atoms with van der Waals surface area (Å²) in [4.78, 5) is 6.58. The molecule has 0 unspecified atom stereocenters. The smallest absolute Gasteiger partial charge is 0.137 e. The topological polar surface area (TPSA) is 25.4 Å². The number of anilines is 1. The largest absolute Gasteiger partial charge is 0.497 e. The Balaban J connectivity index is 2.10. The third-order valence-corrected chi connectivity index (χ3v) is 3.96. The molecular formula is C18H17ClN2O. The van der Waals surface area contributed by atoms with Crippen LogP contribution in [0, 0.1) is 0 Å². The van der Waals surface area contributed by atoms with Crippen LogP contribution in [0.25, 0.3) is 22.0 Å². The first-order valence-corrected chi connectivity index (χ1v) is 7.38. The van der Waals surface area contributed by atoms with Crippen LogP contribution in [-0.4, -0.2) is 26.2 Å². The van der Waals surface area contributed by atoms with Crippen LogP contribution in [0.5, 0.6) is 5.75 Å². The SMILES string of the molecule is COc1ccc2c(Cl)nc(-c3ccc(N(C)C)cc3)cc2c1. The molecule has 0 radical (unpaired) electrons. The average molecular weight is 313 g/mol. The maximum absolute atomic E-state index is 6.33. The molecule has 0 N–H and O–H groups in total. The summed E-state index contributed by atoms with van der Waals surface area (Å²) in [5.41, 5.74) is 3.05. The predicted molar refractivity (Wildman–Crippen MR) is 93.1 cm³/mol. The summed E-state index contributed by atoms with van der Waals surface area (Å²) >= 11 is 6.33. The van der Waals surface area contributed by atoms with Crippen LogP contribution >= 0.6 is 11.6 Å². The average Bonchev–Trinajstić information content (AvgIpc) is 2.54. The number of aromatic nitrogens is 1. The Morgan fingerprint density at radius 2 is 1.73 bits per heavy atom. The number of fused-ring (bicyclic) bond motifs is 1. The summed E-state index contributed by atoms with van der Waals surface area (Å²) in [6.07, 6.45) is 0. The molecule has 0 saturated heterocycles. The van der Waals surface area contributed by atoms with Crippen molar-refractivity contribution in [1.82, 2.24) is 4.98 Å². The first-order valence-electron chi connectivity index (χ1n) is 7.00. The van der Waals surface area contributed by atoms with E-state index < -0.39 is 0 Å². The van der Waals surface area contributed by atoms with E-state index in [1.165, 1.54) is 0 Å². The molecule has 0 atom stereocenters. The van der Waals surface area contributed by atoms with E-state index in [2.05, 4.69) is 34.1 Å². The van der Waals surface area contributed by atoms with Gasteiger partial charge >= 0.3 is 0 Å².